The maximum absolute atomic E-state index is 13.5. The molecule has 176 valence electrons. The summed E-state index contributed by atoms with van der Waals surface area (Å²) < 4.78 is 66.2. The first-order valence-electron chi connectivity index (χ1n) is 10.0. The van der Waals surface area contributed by atoms with Crippen molar-refractivity contribution in [3.63, 3.8) is 0 Å². The van der Waals surface area contributed by atoms with E-state index >= 15 is 0 Å². The minimum Gasteiger partial charge on any atom is -0.382 e. The van der Waals surface area contributed by atoms with Gasteiger partial charge in [0.2, 0.25) is 0 Å². The molecule has 2 aromatic heterocycles. The average molecular weight is 530 g/mol. The normalized spacial score (nSPS) is 26.2. The molecule has 9 nitrogen and oxygen atoms in total. The second-order valence-corrected chi connectivity index (χ2v) is 8.91. The predicted molar refractivity (Wildman–Crippen MR) is 111 cm³/mol. The summed E-state index contributed by atoms with van der Waals surface area (Å²) in [6, 6.07) is 1.77. The Bertz CT molecular complexity index is 1200. The Balaban J connectivity index is 1.38. The van der Waals surface area contributed by atoms with E-state index in [-0.39, 0.29) is 24.6 Å². The van der Waals surface area contributed by atoms with Gasteiger partial charge in [-0.1, -0.05) is 0 Å². The lowest BCUT2D eigenvalue weighted by Crippen LogP contribution is -2.32. The molecule has 2 N–H and O–H groups in total. The number of hydrogen-bond donors (Lipinski definition) is 1. The Morgan fingerprint density at radius 3 is 2.58 bits per heavy atom. The van der Waals surface area contributed by atoms with Crippen LogP contribution in [-0.4, -0.2) is 50.2 Å². The molecule has 2 saturated heterocycles. The number of fused-ring (bicyclic) bond motifs is 2. The van der Waals surface area contributed by atoms with E-state index in [0.717, 1.165) is 12.1 Å². The summed E-state index contributed by atoms with van der Waals surface area (Å²) in [6.07, 6.45) is -0.971. The van der Waals surface area contributed by atoms with Crippen LogP contribution in [0.15, 0.2) is 23.2 Å². The number of nitrogen functional groups attached to an aromatic ring is 1. The molecule has 0 unspecified atom stereocenters. The van der Waals surface area contributed by atoms with Crippen LogP contribution < -0.4 is 5.73 Å². The van der Waals surface area contributed by atoms with Gasteiger partial charge in [0.15, 0.2) is 51.2 Å². The first-order chi connectivity index (χ1) is 15.6. The molecule has 33 heavy (non-hydrogen) atoms. The van der Waals surface area contributed by atoms with Gasteiger partial charge in [-0.2, -0.15) is 0 Å². The minimum absolute atomic E-state index is 0.0269. The molecule has 4 atom stereocenters. The highest BCUT2D eigenvalue weighted by Crippen LogP contribution is 2.45. The standard InChI is InChI=1S/C20H19BrF3N5O4/c1-20(2)32-14-11(6-30-5-8-3-9(22)12(24)10(23)4-8)31-18(15(14)33-20)29-17-13(28-19(29)21)16(25)26-7-27-17/h3-4,7,11,14-15,18H,5-6H2,1-2H3,(H2,25,26,27)/t11-,14-,15-,18-/m1/s1. The lowest BCUT2D eigenvalue weighted by molar-refractivity contribution is -0.202. The van der Waals surface area contributed by atoms with Crippen LogP contribution >= 0.6 is 15.9 Å². The lowest BCUT2D eigenvalue weighted by Gasteiger charge is -2.25. The third kappa shape index (κ3) is 3.97. The maximum atomic E-state index is 13.5. The average Bonchev–Trinajstić information content (AvgIpc) is 3.35. The number of nitrogens with zero attached hydrogens (tertiary/aromatic N) is 4. The third-order valence-corrected chi connectivity index (χ3v) is 6.00. The highest BCUT2D eigenvalue weighted by Gasteiger charge is 2.56. The van der Waals surface area contributed by atoms with Gasteiger partial charge in [-0.05, 0) is 47.5 Å². The zero-order chi connectivity index (χ0) is 23.5. The molecule has 3 aromatic rings. The van der Waals surface area contributed by atoms with Crippen molar-refractivity contribution in [3.8, 4) is 0 Å². The molecule has 13 heteroatoms. The van der Waals surface area contributed by atoms with E-state index in [4.69, 9.17) is 24.7 Å². The fraction of sp³-hybridized carbons (Fsp3) is 0.450. The van der Waals surface area contributed by atoms with Crippen molar-refractivity contribution in [3.05, 3.63) is 46.2 Å². The van der Waals surface area contributed by atoms with Gasteiger partial charge in [-0.25, -0.2) is 28.1 Å². The Morgan fingerprint density at radius 1 is 1.15 bits per heavy atom. The topological polar surface area (TPSA) is 107 Å². The molecule has 2 aliphatic heterocycles. The van der Waals surface area contributed by atoms with Crippen LogP contribution in [0.25, 0.3) is 11.2 Å². The van der Waals surface area contributed by atoms with E-state index in [0.29, 0.717) is 15.9 Å². The molecular formula is C20H19BrF3N5O4. The number of imidazole rings is 1. The molecule has 0 bridgehead atoms. The number of nitrogens with two attached hydrogens (primary N) is 1. The van der Waals surface area contributed by atoms with Crippen molar-refractivity contribution in [2.45, 2.75) is 50.8 Å². The van der Waals surface area contributed by atoms with E-state index in [1.54, 1.807) is 18.4 Å². The molecular weight excluding hydrogens is 511 g/mol. The van der Waals surface area contributed by atoms with E-state index in [2.05, 4.69) is 30.9 Å². The Hall–Kier alpha value is -2.32. The summed E-state index contributed by atoms with van der Waals surface area (Å²) in [7, 11) is 0. The van der Waals surface area contributed by atoms with Gasteiger partial charge < -0.3 is 24.7 Å². The van der Waals surface area contributed by atoms with E-state index in [1.165, 1.54) is 6.33 Å². The number of anilines is 1. The molecule has 0 amide bonds. The molecule has 0 radical (unpaired) electrons. The van der Waals surface area contributed by atoms with Gasteiger partial charge in [-0.15, -0.1) is 0 Å². The van der Waals surface area contributed by atoms with Gasteiger partial charge >= 0.3 is 0 Å². The van der Waals surface area contributed by atoms with Crippen molar-refractivity contribution in [2.24, 2.45) is 0 Å². The third-order valence-electron chi connectivity index (χ3n) is 5.44. The summed E-state index contributed by atoms with van der Waals surface area (Å²) in [6.45, 7) is 3.44. The van der Waals surface area contributed by atoms with Crippen LogP contribution in [0.4, 0.5) is 19.0 Å². The number of hydrogen-bond acceptors (Lipinski definition) is 8. The van der Waals surface area contributed by atoms with Crippen molar-refractivity contribution in [2.75, 3.05) is 12.3 Å². The first-order valence-corrected chi connectivity index (χ1v) is 10.8. The monoisotopic (exact) mass is 529 g/mol. The van der Waals surface area contributed by atoms with Gasteiger partial charge in [0, 0.05) is 0 Å². The fourth-order valence-corrected chi connectivity index (χ4v) is 4.66. The molecule has 4 heterocycles. The Labute approximate surface area is 194 Å². The second-order valence-electron chi connectivity index (χ2n) is 8.20. The zero-order valence-electron chi connectivity index (χ0n) is 17.5. The number of aromatic nitrogens is 4. The largest absolute Gasteiger partial charge is 0.382 e. The van der Waals surface area contributed by atoms with Crippen molar-refractivity contribution >= 4 is 32.9 Å². The van der Waals surface area contributed by atoms with Gasteiger partial charge in [0.1, 0.15) is 24.6 Å². The molecule has 0 spiro atoms. The minimum atomic E-state index is -1.52. The van der Waals surface area contributed by atoms with Crippen LogP contribution in [0.5, 0.6) is 0 Å². The molecule has 0 saturated carbocycles. The molecule has 1 aromatic carbocycles. The quantitative estimate of drug-likeness (QED) is 0.396. The van der Waals surface area contributed by atoms with Crippen LogP contribution in [0, 0.1) is 17.5 Å². The van der Waals surface area contributed by atoms with E-state index in [9.17, 15) is 13.2 Å². The van der Waals surface area contributed by atoms with Gasteiger partial charge in [0.25, 0.3) is 0 Å². The smallest absolute Gasteiger partial charge is 0.194 e. The van der Waals surface area contributed by atoms with Crippen molar-refractivity contribution in [1.29, 1.82) is 0 Å². The van der Waals surface area contributed by atoms with Crippen LogP contribution in [-0.2, 0) is 25.6 Å². The Kier molecular flexibility index (Phi) is 5.56. The van der Waals surface area contributed by atoms with Crippen LogP contribution in [0.3, 0.4) is 0 Å². The fourth-order valence-electron chi connectivity index (χ4n) is 4.11. The van der Waals surface area contributed by atoms with E-state index in [1.807, 2.05) is 0 Å². The number of halogens is 4. The summed E-state index contributed by atoms with van der Waals surface area (Å²) in [5.41, 5.74) is 6.93. The van der Waals surface area contributed by atoms with Crippen LogP contribution in [0.2, 0.25) is 0 Å². The number of rotatable bonds is 5. The zero-order valence-corrected chi connectivity index (χ0v) is 19.1. The van der Waals surface area contributed by atoms with Crippen LogP contribution in [0.1, 0.15) is 25.6 Å². The first kappa shape index (κ1) is 22.5. The summed E-state index contributed by atoms with van der Waals surface area (Å²) >= 11 is 3.42. The van der Waals surface area contributed by atoms with Gasteiger partial charge in [0.05, 0.1) is 13.2 Å². The second kappa shape index (κ2) is 8.17. The molecule has 2 fully saturated rings. The molecule has 2 aliphatic rings. The van der Waals surface area contributed by atoms with Gasteiger partial charge in [-0.3, -0.25) is 4.57 Å². The maximum Gasteiger partial charge on any atom is 0.194 e. The summed E-state index contributed by atoms with van der Waals surface area (Å²) in [5.74, 6) is -4.74. The summed E-state index contributed by atoms with van der Waals surface area (Å²) in [5, 5.41) is 0. The number of benzene rings is 1. The van der Waals surface area contributed by atoms with Crippen molar-refractivity contribution < 1.29 is 32.1 Å². The number of ether oxygens (including phenoxy) is 4. The lowest BCUT2D eigenvalue weighted by atomic mass is 10.1. The summed E-state index contributed by atoms with van der Waals surface area (Å²) in [4.78, 5) is 12.6. The van der Waals surface area contributed by atoms with E-state index < -0.39 is 47.8 Å². The van der Waals surface area contributed by atoms with Crippen molar-refractivity contribution in [1.82, 2.24) is 19.5 Å². The highest BCUT2D eigenvalue weighted by atomic mass is 79.9. The Morgan fingerprint density at radius 2 is 1.85 bits per heavy atom. The molecule has 5 rings (SSSR count). The highest BCUT2D eigenvalue weighted by molar-refractivity contribution is 9.10. The SMILES string of the molecule is CC1(C)O[C@@H]2[C@H](O1)[C@@H](COCc1cc(F)c(F)c(F)c1)O[C@H]2n1c(Br)nc2c(N)ncnc21. The molecule has 0 aliphatic carbocycles. The predicted octanol–water partition coefficient (Wildman–Crippen LogP) is 3.22.